The van der Waals surface area contributed by atoms with Gasteiger partial charge in [0.15, 0.2) is 0 Å². The maximum absolute atomic E-state index is 12.0. The fraction of sp³-hybridized carbons (Fsp3) is 0.562. The van der Waals surface area contributed by atoms with E-state index in [1.54, 1.807) is 18.7 Å². The van der Waals surface area contributed by atoms with Crippen molar-refractivity contribution in [1.29, 1.82) is 0 Å². The molecule has 0 heterocycles. The lowest BCUT2D eigenvalue weighted by atomic mass is 9.94. The van der Waals surface area contributed by atoms with Gasteiger partial charge in [-0.1, -0.05) is 26.0 Å². The van der Waals surface area contributed by atoms with Crippen LogP contribution in [0.4, 0.5) is 0 Å². The van der Waals surface area contributed by atoms with Crippen LogP contribution < -0.4 is 5.32 Å². The quantitative estimate of drug-likeness (QED) is 0.813. The van der Waals surface area contributed by atoms with Crippen LogP contribution in [0.2, 0.25) is 0 Å². The Bertz CT molecular complexity index is 427. The van der Waals surface area contributed by atoms with E-state index >= 15 is 0 Å². The Balaban J connectivity index is 2.54. The van der Waals surface area contributed by atoms with Gasteiger partial charge in [0, 0.05) is 17.9 Å². The summed E-state index contributed by atoms with van der Waals surface area (Å²) in [5.41, 5.74) is 0.985. The maximum atomic E-state index is 12.0. The van der Waals surface area contributed by atoms with Gasteiger partial charge in [-0.15, -0.1) is 0 Å². The van der Waals surface area contributed by atoms with Crippen molar-refractivity contribution in [1.82, 2.24) is 5.32 Å². The fourth-order valence-electron chi connectivity index (χ4n) is 2.24. The molecule has 1 atom stereocenters. The molecule has 2 N–H and O–H groups in total. The number of carbonyl (C=O) groups excluding carboxylic acids is 1. The monoisotopic (exact) mass is 295 g/mol. The highest BCUT2D eigenvalue weighted by Crippen LogP contribution is 2.15. The summed E-state index contributed by atoms with van der Waals surface area (Å²) in [7, 11) is 0. The second-order valence-electron chi connectivity index (χ2n) is 5.91. The summed E-state index contributed by atoms with van der Waals surface area (Å²) in [6, 6.07) is 7.60. The first-order valence-corrected chi connectivity index (χ1v) is 8.32. The van der Waals surface area contributed by atoms with Crippen molar-refractivity contribution < 1.29 is 9.90 Å². The molecule has 4 heteroatoms. The fourth-order valence-corrected chi connectivity index (χ4v) is 2.77. The second-order valence-corrected chi connectivity index (χ2v) is 6.77. The molecule has 0 spiro atoms. The predicted molar refractivity (Wildman–Crippen MR) is 86.1 cm³/mol. The van der Waals surface area contributed by atoms with Gasteiger partial charge in [-0.3, -0.25) is 4.79 Å². The normalized spacial score (nSPS) is 14.1. The molecule has 1 aromatic carbocycles. The summed E-state index contributed by atoms with van der Waals surface area (Å²) in [6.07, 6.45) is 2.72. The molecule has 0 radical (unpaired) electrons. The van der Waals surface area contributed by atoms with Crippen molar-refractivity contribution in [2.75, 3.05) is 12.8 Å². The van der Waals surface area contributed by atoms with Crippen molar-refractivity contribution in [3.05, 3.63) is 35.4 Å². The predicted octanol–water partition coefficient (Wildman–Crippen LogP) is 3.08. The van der Waals surface area contributed by atoms with Crippen LogP contribution in [0.3, 0.4) is 0 Å². The summed E-state index contributed by atoms with van der Waals surface area (Å²) in [6.45, 7) is 6.15. The van der Waals surface area contributed by atoms with Gasteiger partial charge in [0.2, 0.25) is 0 Å². The molecular weight excluding hydrogens is 270 g/mol. The van der Waals surface area contributed by atoms with E-state index in [-0.39, 0.29) is 12.5 Å². The van der Waals surface area contributed by atoms with Crippen LogP contribution in [0.5, 0.6) is 0 Å². The Morgan fingerprint density at radius 3 is 2.45 bits per heavy atom. The van der Waals surface area contributed by atoms with E-state index in [9.17, 15) is 9.90 Å². The van der Waals surface area contributed by atoms with Gasteiger partial charge >= 0.3 is 0 Å². The van der Waals surface area contributed by atoms with Gasteiger partial charge in [0.05, 0.1) is 5.60 Å². The molecular formula is C16H25NO2S. The Hall–Kier alpha value is -1.00. The van der Waals surface area contributed by atoms with Gasteiger partial charge in [-0.05, 0) is 43.2 Å². The Morgan fingerprint density at radius 2 is 1.95 bits per heavy atom. The van der Waals surface area contributed by atoms with Gasteiger partial charge in [-0.25, -0.2) is 0 Å². The van der Waals surface area contributed by atoms with E-state index in [1.807, 2.05) is 24.3 Å². The molecule has 0 saturated heterocycles. The number of amides is 1. The minimum Gasteiger partial charge on any atom is -0.388 e. The number of hydrogen-bond acceptors (Lipinski definition) is 3. The standard InChI is InChI=1S/C16H25NO2S/c1-12(2)9-16(3,19)11-17-15(18)14-7-5-13(6-8-14)10-20-4/h5-8,12,19H,9-11H2,1-4H3,(H,17,18). The topological polar surface area (TPSA) is 49.3 Å². The summed E-state index contributed by atoms with van der Waals surface area (Å²) in [4.78, 5) is 12.0. The molecule has 0 aliphatic heterocycles. The zero-order valence-corrected chi connectivity index (χ0v) is 13.6. The van der Waals surface area contributed by atoms with Crippen molar-refractivity contribution in [3.8, 4) is 0 Å². The van der Waals surface area contributed by atoms with E-state index in [0.717, 1.165) is 5.75 Å². The first-order valence-electron chi connectivity index (χ1n) is 6.92. The van der Waals surface area contributed by atoms with Crippen LogP contribution >= 0.6 is 11.8 Å². The van der Waals surface area contributed by atoms with Crippen molar-refractivity contribution in [2.45, 2.75) is 38.5 Å². The third-order valence-electron chi connectivity index (χ3n) is 3.00. The first kappa shape index (κ1) is 17.1. The lowest BCUT2D eigenvalue weighted by molar-refractivity contribution is 0.0368. The second kappa shape index (κ2) is 7.70. The minimum absolute atomic E-state index is 0.135. The Kier molecular flexibility index (Phi) is 6.56. The van der Waals surface area contributed by atoms with Crippen molar-refractivity contribution in [3.63, 3.8) is 0 Å². The molecule has 0 saturated carbocycles. The number of nitrogens with one attached hydrogen (secondary N) is 1. The first-order chi connectivity index (χ1) is 9.34. The molecule has 0 aliphatic rings. The lowest BCUT2D eigenvalue weighted by Gasteiger charge is -2.25. The molecule has 0 bridgehead atoms. The Morgan fingerprint density at radius 1 is 1.35 bits per heavy atom. The molecule has 1 amide bonds. The number of aliphatic hydroxyl groups is 1. The molecule has 0 aliphatic carbocycles. The zero-order chi connectivity index (χ0) is 15.2. The van der Waals surface area contributed by atoms with E-state index < -0.39 is 5.60 Å². The van der Waals surface area contributed by atoms with E-state index in [0.29, 0.717) is 17.9 Å². The van der Waals surface area contributed by atoms with Crippen LogP contribution in [0.1, 0.15) is 43.1 Å². The molecule has 3 nitrogen and oxygen atoms in total. The summed E-state index contributed by atoms with van der Waals surface area (Å²) in [5, 5.41) is 13.0. The number of benzene rings is 1. The highest BCUT2D eigenvalue weighted by molar-refractivity contribution is 7.97. The van der Waals surface area contributed by atoms with Crippen molar-refractivity contribution in [2.24, 2.45) is 5.92 Å². The number of rotatable bonds is 7. The van der Waals surface area contributed by atoms with Crippen LogP contribution in [0, 0.1) is 5.92 Å². The van der Waals surface area contributed by atoms with Crippen molar-refractivity contribution >= 4 is 17.7 Å². The van der Waals surface area contributed by atoms with E-state index in [2.05, 4.69) is 25.4 Å². The number of carbonyl (C=O) groups is 1. The van der Waals surface area contributed by atoms with E-state index in [1.165, 1.54) is 5.56 Å². The van der Waals surface area contributed by atoms with E-state index in [4.69, 9.17) is 0 Å². The van der Waals surface area contributed by atoms with Crippen LogP contribution in [0.25, 0.3) is 0 Å². The smallest absolute Gasteiger partial charge is 0.251 e. The van der Waals surface area contributed by atoms with Crippen LogP contribution in [-0.4, -0.2) is 29.4 Å². The molecule has 1 unspecified atom stereocenters. The summed E-state index contributed by atoms with van der Waals surface area (Å²) >= 11 is 1.75. The minimum atomic E-state index is -0.859. The number of hydrogen-bond donors (Lipinski definition) is 2. The third kappa shape index (κ3) is 5.97. The SMILES string of the molecule is CSCc1ccc(C(=O)NCC(C)(O)CC(C)C)cc1. The largest absolute Gasteiger partial charge is 0.388 e. The molecule has 112 valence electrons. The summed E-state index contributed by atoms with van der Waals surface area (Å²) < 4.78 is 0. The van der Waals surface area contributed by atoms with Gasteiger partial charge in [0.25, 0.3) is 5.91 Å². The van der Waals surface area contributed by atoms with Crippen LogP contribution in [-0.2, 0) is 5.75 Å². The molecule has 1 rings (SSSR count). The van der Waals surface area contributed by atoms with Crippen LogP contribution in [0.15, 0.2) is 24.3 Å². The Labute approximate surface area is 126 Å². The molecule has 1 aromatic rings. The highest BCUT2D eigenvalue weighted by Gasteiger charge is 2.22. The zero-order valence-electron chi connectivity index (χ0n) is 12.8. The molecule has 0 aromatic heterocycles. The third-order valence-corrected chi connectivity index (χ3v) is 3.63. The van der Waals surface area contributed by atoms with Gasteiger partial charge < -0.3 is 10.4 Å². The highest BCUT2D eigenvalue weighted by atomic mass is 32.2. The summed E-state index contributed by atoms with van der Waals surface area (Å²) in [5.74, 6) is 1.21. The molecule has 0 fully saturated rings. The van der Waals surface area contributed by atoms with Gasteiger partial charge in [0.1, 0.15) is 0 Å². The van der Waals surface area contributed by atoms with Gasteiger partial charge in [-0.2, -0.15) is 11.8 Å². The average Bonchev–Trinajstić information content (AvgIpc) is 2.36. The maximum Gasteiger partial charge on any atom is 0.251 e. The number of thioether (sulfide) groups is 1. The average molecular weight is 295 g/mol. The molecule has 20 heavy (non-hydrogen) atoms. The lowest BCUT2D eigenvalue weighted by Crippen LogP contribution is -2.41.